The van der Waals surface area contributed by atoms with Crippen LogP contribution >= 0.6 is 0 Å². The van der Waals surface area contributed by atoms with Crippen LogP contribution in [0.25, 0.3) is 0 Å². The van der Waals surface area contributed by atoms with Crippen molar-refractivity contribution in [1.29, 1.82) is 0 Å². The molecule has 1 heterocycles. The van der Waals surface area contributed by atoms with Crippen molar-refractivity contribution >= 4 is 5.91 Å². The van der Waals surface area contributed by atoms with Crippen molar-refractivity contribution in [2.24, 2.45) is 46.3 Å². The highest BCUT2D eigenvalue weighted by Gasteiger charge is 2.60. The first-order valence-electron chi connectivity index (χ1n) is 10.8. The average molecular weight is 344 g/mol. The molecule has 1 saturated heterocycles. The molecular formula is C23H37NO. The molecule has 1 amide bonds. The van der Waals surface area contributed by atoms with Gasteiger partial charge in [0, 0.05) is 17.5 Å². The molecule has 0 bridgehead atoms. The third kappa shape index (κ3) is 2.38. The third-order valence-electron chi connectivity index (χ3n) is 9.35. The fraction of sp³-hybridized carbons (Fsp3) is 0.870. The lowest BCUT2D eigenvalue weighted by atomic mass is 9.46. The summed E-state index contributed by atoms with van der Waals surface area (Å²) in [6.07, 6.45) is 11.2. The van der Waals surface area contributed by atoms with E-state index in [9.17, 15) is 4.79 Å². The molecule has 0 aromatic carbocycles. The Kier molecular flexibility index (Phi) is 4.13. The van der Waals surface area contributed by atoms with Crippen LogP contribution in [0.3, 0.4) is 0 Å². The first-order chi connectivity index (χ1) is 11.8. The minimum absolute atomic E-state index is 0.209. The second kappa shape index (κ2) is 5.86. The summed E-state index contributed by atoms with van der Waals surface area (Å²) in [6.45, 7) is 12.4. The molecule has 3 aliphatic carbocycles. The molecule has 2 heteroatoms. The standard InChI is InChI=1S/C23H37NO/c1-6-14(2)16-7-8-17-21-15(3)13-19-23(5,12-10-20(25)24-19)18(21)9-11-22(16,17)4/h13-18,21H,6-12H2,1-5H3,(H,24,25)/t14?,15?,16?,17?,18?,21?,22-,23-/m1/s1. The van der Waals surface area contributed by atoms with E-state index in [1.165, 1.54) is 37.8 Å². The third-order valence-corrected chi connectivity index (χ3v) is 9.35. The van der Waals surface area contributed by atoms with Crippen molar-refractivity contribution in [1.82, 2.24) is 5.32 Å². The van der Waals surface area contributed by atoms with Crippen LogP contribution in [0.15, 0.2) is 11.8 Å². The van der Waals surface area contributed by atoms with E-state index >= 15 is 0 Å². The molecule has 4 aliphatic rings. The fourth-order valence-electron chi connectivity index (χ4n) is 7.79. The lowest BCUT2D eigenvalue weighted by molar-refractivity contribution is -0.126. The molecule has 1 aliphatic heterocycles. The topological polar surface area (TPSA) is 29.1 Å². The zero-order valence-corrected chi connectivity index (χ0v) is 16.9. The van der Waals surface area contributed by atoms with Crippen LogP contribution in [0.1, 0.15) is 79.6 Å². The maximum absolute atomic E-state index is 12.0. The minimum Gasteiger partial charge on any atom is -0.330 e. The van der Waals surface area contributed by atoms with Gasteiger partial charge in [-0.05, 0) is 73.0 Å². The minimum atomic E-state index is 0.209. The summed E-state index contributed by atoms with van der Waals surface area (Å²) in [6, 6.07) is 0. The van der Waals surface area contributed by atoms with Gasteiger partial charge in [0.1, 0.15) is 0 Å². The van der Waals surface area contributed by atoms with Crippen molar-refractivity contribution in [3.8, 4) is 0 Å². The Morgan fingerprint density at radius 1 is 1.20 bits per heavy atom. The van der Waals surface area contributed by atoms with Gasteiger partial charge in [0.25, 0.3) is 0 Å². The molecule has 140 valence electrons. The molecule has 25 heavy (non-hydrogen) atoms. The van der Waals surface area contributed by atoms with Crippen LogP contribution in [-0.4, -0.2) is 5.91 Å². The van der Waals surface area contributed by atoms with Crippen molar-refractivity contribution < 1.29 is 4.79 Å². The summed E-state index contributed by atoms with van der Waals surface area (Å²) in [4.78, 5) is 12.0. The van der Waals surface area contributed by atoms with Gasteiger partial charge in [0.05, 0.1) is 0 Å². The highest BCUT2D eigenvalue weighted by molar-refractivity contribution is 5.79. The number of rotatable bonds is 2. The van der Waals surface area contributed by atoms with Gasteiger partial charge in [0.2, 0.25) is 5.91 Å². The van der Waals surface area contributed by atoms with E-state index in [0.29, 0.717) is 17.8 Å². The first-order valence-corrected chi connectivity index (χ1v) is 10.8. The highest BCUT2D eigenvalue weighted by Crippen LogP contribution is 2.67. The number of carbonyl (C=O) groups excluding carboxylic acids is 1. The maximum Gasteiger partial charge on any atom is 0.224 e. The van der Waals surface area contributed by atoms with E-state index in [2.05, 4.69) is 46.0 Å². The van der Waals surface area contributed by atoms with Gasteiger partial charge < -0.3 is 5.32 Å². The molecule has 0 radical (unpaired) electrons. The number of amides is 1. The zero-order valence-electron chi connectivity index (χ0n) is 16.9. The van der Waals surface area contributed by atoms with E-state index < -0.39 is 0 Å². The van der Waals surface area contributed by atoms with E-state index in [-0.39, 0.29) is 11.3 Å². The Bertz CT molecular complexity index is 595. The van der Waals surface area contributed by atoms with Gasteiger partial charge in [0.15, 0.2) is 0 Å². The molecule has 0 aromatic rings. The van der Waals surface area contributed by atoms with Crippen LogP contribution in [0.4, 0.5) is 0 Å². The van der Waals surface area contributed by atoms with Crippen LogP contribution in [0.5, 0.6) is 0 Å². The molecule has 0 spiro atoms. The summed E-state index contributed by atoms with van der Waals surface area (Å²) in [5, 5.41) is 3.25. The van der Waals surface area contributed by atoms with E-state index in [4.69, 9.17) is 0 Å². The summed E-state index contributed by atoms with van der Waals surface area (Å²) < 4.78 is 0. The Morgan fingerprint density at radius 2 is 1.96 bits per heavy atom. The molecule has 6 unspecified atom stereocenters. The van der Waals surface area contributed by atoms with Gasteiger partial charge in [-0.15, -0.1) is 0 Å². The first kappa shape index (κ1) is 17.6. The second-order valence-electron chi connectivity index (χ2n) is 10.3. The lowest BCUT2D eigenvalue weighted by Gasteiger charge is -2.59. The average Bonchev–Trinajstić information content (AvgIpc) is 2.93. The Morgan fingerprint density at radius 3 is 2.68 bits per heavy atom. The van der Waals surface area contributed by atoms with E-state index in [1.54, 1.807) is 0 Å². The normalized spacial score (nSPS) is 50.2. The predicted molar refractivity (Wildman–Crippen MR) is 103 cm³/mol. The van der Waals surface area contributed by atoms with Crippen LogP contribution in [0.2, 0.25) is 0 Å². The SMILES string of the molecule is CCC(C)C1CCC2C3C(C)C=C4NC(=O)CC[C@]4(C)C3CC[C@]12C. The van der Waals surface area contributed by atoms with Gasteiger partial charge >= 0.3 is 0 Å². The Labute approximate surface area is 154 Å². The quantitative estimate of drug-likeness (QED) is 0.700. The molecule has 2 nitrogen and oxygen atoms in total. The van der Waals surface area contributed by atoms with Gasteiger partial charge in [-0.3, -0.25) is 4.79 Å². The zero-order chi connectivity index (χ0) is 18.0. The van der Waals surface area contributed by atoms with Gasteiger partial charge in [-0.25, -0.2) is 0 Å². The Balaban J connectivity index is 1.69. The van der Waals surface area contributed by atoms with Crippen LogP contribution in [-0.2, 0) is 4.79 Å². The van der Waals surface area contributed by atoms with Crippen molar-refractivity contribution in [2.45, 2.75) is 79.6 Å². The van der Waals surface area contributed by atoms with Gasteiger partial charge in [-0.1, -0.05) is 47.1 Å². The molecular weight excluding hydrogens is 306 g/mol. The van der Waals surface area contributed by atoms with E-state index in [0.717, 1.165) is 36.0 Å². The van der Waals surface area contributed by atoms with E-state index in [1.807, 2.05) is 0 Å². The number of fused-ring (bicyclic) bond motifs is 5. The summed E-state index contributed by atoms with van der Waals surface area (Å²) in [5.74, 6) is 5.07. The number of hydrogen-bond donors (Lipinski definition) is 1. The largest absolute Gasteiger partial charge is 0.330 e. The lowest BCUT2D eigenvalue weighted by Crippen LogP contribution is -2.55. The van der Waals surface area contributed by atoms with Crippen LogP contribution < -0.4 is 5.32 Å². The number of allylic oxidation sites excluding steroid dienone is 2. The van der Waals surface area contributed by atoms with Crippen molar-refractivity contribution in [3.63, 3.8) is 0 Å². The number of hydrogen-bond acceptors (Lipinski definition) is 1. The van der Waals surface area contributed by atoms with Crippen molar-refractivity contribution in [3.05, 3.63) is 11.8 Å². The summed E-state index contributed by atoms with van der Waals surface area (Å²) in [7, 11) is 0. The summed E-state index contributed by atoms with van der Waals surface area (Å²) >= 11 is 0. The molecule has 0 aromatic heterocycles. The van der Waals surface area contributed by atoms with Gasteiger partial charge in [-0.2, -0.15) is 0 Å². The Hall–Kier alpha value is -0.790. The molecule has 1 N–H and O–H groups in total. The second-order valence-corrected chi connectivity index (χ2v) is 10.3. The smallest absolute Gasteiger partial charge is 0.224 e. The fourth-order valence-corrected chi connectivity index (χ4v) is 7.79. The van der Waals surface area contributed by atoms with Crippen molar-refractivity contribution in [2.75, 3.05) is 0 Å². The highest BCUT2D eigenvalue weighted by atomic mass is 16.1. The molecule has 8 atom stereocenters. The van der Waals surface area contributed by atoms with Crippen LogP contribution in [0, 0.1) is 46.3 Å². The predicted octanol–water partition coefficient (Wildman–Crippen LogP) is 5.54. The monoisotopic (exact) mass is 343 g/mol. The maximum atomic E-state index is 12.0. The number of carbonyl (C=O) groups is 1. The summed E-state index contributed by atoms with van der Waals surface area (Å²) in [5.41, 5.74) is 2.02. The number of nitrogens with one attached hydrogen (secondary N) is 1. The molecule has 4 rings (SSSR count). The molecule has 3 fully saturated rings. The number of piperidine rings is 1. The molecule has 2 saturated carbocycles.